The van der Waals surface area contributed by atoms with Crippen molar-refractivity contribution in [3.05, 3.63) is 32.8 Å². The Morgan fingerprint density at radius 3 is 2.71 bits per heavy atom. The molecule has 0 amide bonds. The molecule has 0 bridgehead atoms. The van der Waals surface area contributed by atoms with Crippen LogP contribution in [0.3, 0.4) is 0 Å². The summed E-state index contributed by atoms with van der Waals surface area (Å²) in [4.78, 5) is 22.1. The fourth-order valence-electron chi connectivity index (χ4n) is 1.98. The Bertz CT molecular complexity index is 586. The number of anilines is 1. The molecule has 1 aromatic rings. The zero-order valence-corrected chi connectivity index (χ0v) is 12.4. The van der Waals surface area contributed by atoms with E-state index in [1.807, 2.05) is 6.92 Å². The van der Waals surface area contributed by atoms with Crippen molar-refractivity contribution in [1.29, 1.82) is 0 Å². The lowest BCUT2D eigenvalue weighted by molar-refractivity contribution is -0.384. The average molecular weight is 315 g/mol. The van der Waals surface area contributed by atoms with E-state index in [4.69, 9.17) is 16.3 Å². The summed E-state index contributed by atoms with van der Waals surface area (Å²) in [6.07, 6.45) is 0. The summed E-state index contributed by atoms with van der Waals surface area (Å²) in [7, 11) is 1.19. The predicted molar refractivity (Wildman–Crippen MR) is 76.9 cm³/mol. The quantitative estimate of drug-likeness (QED) is 0.510. The van der Waals surface area contributed by atoms with Gasteiger partial charge in [-0.05, 0) is 6.07 Å². The molecule has 0 saturated carbocycles. The number of carbonyl (C=O) groups is 1. The number of halogens is 1. The highest BCUT2D eigenvalue weighted by atomic mass is 35.5. The third kappa shape index (κ3) is 3.25. The Kier molecular flexibility index (Phi) is 4.34. The number of rotatable bonds is 5. The number of ether oxygens (including phenoxy) is 2. The maximum absolute atomic E-state index is 11.5. The number of carbonyl (C=O) groups excluding carboxylic acids is 1. The first-order chi connectivity index (χ1) is 9.86. The second-order valence-corrected chi connectivity index (χ2v) is 5.66. The summed E-state index contributed by atoms with van der Waals surface area (Å²) >= 11 is 5.99. The lowest BCUT2D eigenvalue weighted by atomic mass is 9.88. The van der Waals surface area contributed by atoms with Crippen LogP contribution in [0.25, 0.3) is 0 Å². The normalized spacial score (nSPS) is 16.0. The van der Waals surface area contributed by atoms with Gasteiger partial charge in [0, 0.05) is 18.0 Å². The molecule has 1 heterocycles. The molecule has 0 aliphatic carbocycles. The van der Waals surface area contributed by atoms with Gasteiger partial charge in [-0.1, -0.05) is 18.5 Å². The van der Waals surface area contributed by atoms with E-state index in [2.05, 4.69) is 10.1 Å². The van der Waals surface area contributed by atoms with Gasteiger partial charge < -0.3 is 14.8 Å². The number of esters is 1. The van der Waals surface area contributed by atoms with Crippen LogP contribution in [0.1, 0.15) is 17.3 Å². The molecule has 0 unspecified atom stereocenters. The van der Waals surface area contributed by atoms with E-state index in [0.29, 0.717) is 19.8 Å². The van der Waals surface area contributed by atoms with E-state index in [9.17, 15) is 14.9 Å². The van der Waals surface area contributed by atoms with Crippen molar-refractivity contribution in [2.75, 3.05) is 32.2 Å². The maximum Gasteiger partial charge on any atom is 0.339 e. The molecule has 7 nitrogen and oxygen atoms in total. The van der Waals surface area contributed by atoms with Crippen LogP contribution in [0, 0.1) is 15.5 Å². The molecule has 1 saturated heterocycles. The van der Waals surface area contributed by atoms with Gasteiger partial charge in [0.25, 0.3) is 5.69 Å². The summed E-state index contributed by atoms with van der Waals surface area (Å²) in [6.45, 7) is 3.73. The molecular weight excluding hydrogens is 300 g/mol. The lowest BCUT2D eigenvalue weighted by Crippen LogP contribution is -2.45. The van der Waals surface area contributed by atoms with Gasteiger partial charge in [0.1, 0.15) is 5.69 Å². The SMILES string of the molecule is COC(=O)c1cc([N+](=O)[O-])c(NCC2(C)COC2)cc1Cl. The number of nitrogens with one attached hydrogen (secondary N) is 1. The molecular formula is C13H15ClN2O5. The Morgan fingerprint density at radius 1 is 1.57 bits per heavy atom. The van der Waals surface area contributed by atoms with E-state index in [-0.39, 0.29) is 27.4 Å². The number of nitro benzene ring substituents is 1. The minimum absolute atomic E-state index is 0.0328. The Labute approximate surface area is 126 Å². The number of benzene rings is 1. The average Bonchev–Trinajstić information content (AvgIpc) is 2.41. The van der Waals surface area contributed by atoms with Gasteiger partial charge in [-0.15, -0.1) is 0 Å². The third-order valence-corrected chi connectivity index (χ3v) is 3.61. The number of hydrogen-bond acceptors (Lipinski definition) is 6. The van der Waals surface area contributed by atoms with E-state index in [1.165, 1.54) is 13.2 Å². The summed E-state index contributed by atoms with van der Waals surface area (Å²) in [5.74, 6) is -0.714. The first kappa shape index (κ1) is 15.5. The summed E-state index contributed by atoms with van der Waals surface area (Å²) in [5.41, 5.74) is -0.0366. The Balaban J connectivity index is 2.29. The van der Waals surface area contributed by atoms with Gasteiger partial charge in [0.15, 0.2) is 0 Å². The molecule has 1 aromatic carbocycles. The molecule has 1 fully saturated rings. The topological polar surface area (TPSA) is 90.7 Å². The summed E-state index contributed by atoms with van der Waals surface area (Å²) < 4.78 is 9.68. The zero-order chi connectivity index (χ0) is 15.6. The van der Waals surface area contributed by atoms with Crippen LogP contribution in [0.2, 0.25) is 5.02 Å². The van der Waals surface area contributed by atoms with E-state index < -0.39 is 10.9 Å². The maximum atomic E-state index is 11.5. The minimum Gasteiger partial charge on any atom is -0.465 e. The smallest absolute Gasteiger partial charge is 0.339 e. The van der Waals surface area contributed by atoms with E-state index >= 15 is 0 Å². The fourth-order valence-corrected chi connectivity index (χ4v) is 2.22. The zero-order valence-electron chi connectivity index (χ0n) is 11.6. The van der Waals surface area contributed by atoms with Crippen molar-refractivity contribution in [1.82, 2.24) is 0 Å². The molecule has 8 heteroatoms. The molecule has 0 atom stereocenters. The summed E-state index contributed by atoms with van der Waals surface area (Å²) in [5, 5.41) is 14.3. The Morgan fingerprint density at radius 2 is 2.24 bits per heavy atom. The van der Waals surface area contributed by atoms with Crippen molar-refractivity contribution in [3.63, 3.8) is 0 Å². The van der Waals surface area contributed by atoms with Gasteiger partial charge in [-0.25, -0.2) is 4.79 Å². The molecule has 2 rings (SSSR count). The first-order valence-electron chi connectivity index (χ1n) is 6.24. The Hall–Kier alpha value is -1.86. The van der Waals surface area contributed by atoms with Crippen LogP contribution >= 0.6 is 11.6 Å². The lowest BCUT2D eigenvalue weighted by Gasteiger charge is -2.38. The van der Waals surface area contributed by atoms with Gasteiger partial charge in [-0.2, -0.15) is 0 Å². The molecule has 0 aromatic heterocycles. The molecule has 1 N–H and O–H groups in total. The van der Waals surface area contributed by atoms with Crippen LogP contribution in [0.4, 0.5) is 11.4 Å². The second kappa shape index (κ2) is 5.87. The molecule has 1 aliphatic heterocycles. The highest BCUT2D eigenvalue weighted by Gasteiger charge is 2.34. The largest absolute Gasteiger partial charge is 0.465 e. The van der Waals surface area contributed by atoms with Crippen LogP contribution in [0.5, 0.6) is 0 Å². The second-order valence-electron chi connectivity index (χ2n) is 5.25. The third-order valence-electron chi connectivity index (χ3n) is 3.29. The highest BCUT2D eigenvalue weighted by molar-refractivity contribution is 6.34. The van der Waals surface area contributed by atoms with Gasteiger partial charge in [0.05, 0.1) is 35.8 Å². The van der Waals surface area contributed by atoms with Crippen molar-refractivity contribution in [2.45, 2.75) is 6.92 Å². The van der Waals surface area contributed by atoms with Gasteiger partial charge >= 0.3 is 5.97 Å². The van der Waals surface area contributed by atoms with Crippen molar-refractivity contribution in [3.8, 4) is 0 Å². The number of hydrogen-bond donors (Lipinski definition) is 1. The monoisotopic (exact) mass is 314 g/mol. The minimum atomic E-state index is -0.714. The number of nitrogens with zero attached hydrogens (tertiary/aromatic N) is 1. The first-order valence-corrected chi connectivity index (χ1v) is 6.62. The molecule has 21 heavy (non-hydrogen) atoms. The van der Waals surface area contributed by atoms with Crippen molar-refractivity contribution in [2.24, 2.45) is 5.41 Å². The van der Waals surface area contributed by atoms with Gasteiger partial charge in [-0.3, -0.25) is 10.1 Å². The van der Waals surface area contributed by atoms with Gasteiger partial charge in [0.2, 0.25) is 0 Å². The van der Waals surface area contributed by atoms with Crippen molar-refractivity contribution >= 4 is 28.9 Å². The summed E-state index contributed by atoms with van der Waals surface area (Å²) in [6, 6.07) is 2.49. The van der Waals surface area contributed by atoms with Crippen molar-refractivity contribution < 1.29 is 19.2 Å². The fraction of sp³-hybridized carbons (Fsp3) is 0.462. The van der Waals surface area contributed by atoms with E-state index in [0.717, 1.165) is 6.07 Å². The molecule has 0 spiro atoms. The van der Waals surface area contributed by atoms with Crippen LogP contribution in [-0.4, -0.2) is 37.8 Å². The van der Waals surface area contributed by atoms with Crippen LogP contribution < -0.4 is 5.32 Å². The predicted octanol–water partition coefficient (Wildman–Crippen LogP) is 2.48. The number of nitro groups is 1. The molecule has 1 aliphatic rings. The molecule has 114 valence electrons. The highest BCUT2D eigenvalue weighted by Crippen LogP contribution is 2.33. The standard InChI is InChI=1S/C13H15ClN2O5/c1-13(6-21-7-13)5-15-10-4-9(14)8(12(17)20-2)3-11(10)16(18)19/h3-4,15H,5-7H2,1-2H3. The van der Waals surface area contributed by atoms with Crippen LogP contribution in [0.15, 0.2) is 12.1 Å². The molecule has 0 radical (unpaired) electrons. The number of methoxy groups -OCH3 is 1. The van der Waals surface area contributed by atoms with E-state index in [1.54, 1.807) is 0 Å². The van der Waals surface area contributed by atoms with Crippen LogP contribution in [-0.2, 0) is 9.47 Å².